The average molecular weight is 250 g/mol. The molecular weight excluding hydrogens is 228 g/mol. The van der Waals surface area contributed by atoms with Gasteiger partial charge >= 0.3 is 0 Å². The maximum absolute atomic E-state index is 12.4. The molecule has 5 heteroatoms. The van der Waals surface area contributed by atoms with Gasteiger partial charge in [0.1, 0.15) is 6.04 Å². The van der Waals surface area contributed by atoms with E-state index in [-0.39, 0.29) is 11.9 Å². The molecule has 0 radical (unpaired) electrons. The van der Waals surface area contributed by atoms with E-state index in [1.165, 1.54) is 0 Å². The van der Waals surface area contributed by atoms with Crippen molar-refractivity contribution in [2.45, 2.75) is 45.2 Å². The number of carbonyl (C=O) groups excluding carboxylic acids is 1. The van der Waals surface area contributed by atoms with Gasteiger partial charge in [-0.05, 0) is 33.6 Å². The van der Waals surface area contributed by atoms with Crippen LogP contribution in [0.15, 0.2) is 12.5 Å². The molecule has 2 rings (SSSR count). The van der Waals surface area contributed by atoms with Crippen LogP contribution < -0.4 is 5.73 Å². The molecule has 0 saturated carbocycles. The molecular formula is C13H22N4O. The maximum Gasteiger partial charge on any atom is 0.245 e. The van der Waals surface area contributed by atoms with Crippen LogP contribution in [0.2, 0.25) is 0 Å². The molecule has 1 unspecified atom stereocenters. The second kappa shape index (κ2) is 4.72. The van der Waals surface area contributed by atoms with Gasteiger partial charge in [0.2, 0.25) is 5.91 Å². The summed E-state index contributed by atoms with van der Waals surface area (Å²) >= 11 is 0. The third-order valence-corrected chi connectivity index (χ3v) is 3.52. The molecule has 1 fully saturated rings. The number of carbonyl (C=O) groups is 1. The van der Waals surface area contributed by atoms with Gasteiger partial charge in [-0.3, -0.25) is 4.79 Å². The highest BCUT2D eigenvalue weighted by molar-refractivity contribution is 5.80. The first kappa shape index (κ1) is 13.1. The lowest BCUT2D eigenvalue weighted by Gasteiger charge is -2.26. The van der Waals surface area contributed by atoms with Crippen LogP contribution in [-0.2, 0) is 10.3 Å². The minimum Gasteiger partial charge on any atom is -0.341 e. The Morgan fingerprint density at radius 2 is 2.06 bits per heavy atom. The van der Waals surface area contributed by atoms with Gasteiger partial charge in [0.25, 0.3) is 0 Å². The zero-order valence-corrected chi connectivity index (χ0v) is 11.4. The van der Waals surface area contributed by atoms with E-state index in [9.17, 15) is 4.79 Å². The number of amides is 1. The molecule has 1 aromatic heterocycles. The van der Waals surface area contributed by atoms with Crippen molar-refractivity contribution in [2.75, 3.05) is 13.1 Å². The Hall–Kier alpha value is -1.36. The zero-order valence-electron chi connectivity index (χ0n) is 11.4. The van der Waals surface area contributed by atoms with Crippen LogP contribution in [0.25, 0.3) is 0 Å². The van der Waals surface area contributed by atoms with Crippen LogP contribution in [0, 0.1) is 0 Å². The van der Waals surface area contributed by atoms with E-state index in [1.807, 2.05) is 30.2 Å². The van der Waals surface area contributed by atoms with Gasteiger partial charge in [-0.15, -0.1) is 0 Å². The van der Waals surface area contributed by atoms with Gasteiger partial charge < -0.3 is 15.2 Å². The van der Waals surface area contributed by atoms with Gasteiger partial charge in [0.05, 0.1) is 23.8 Å². The van der Waals surface area contributed by atoms with Gasteiger partial charge in [-0.25, -0.2) is 4.98 Å². The molecule has 1 amide bonds. The Morgan fingerprint density at radius 1 is 1.44 bits per heavy atom. The van der Waals surface area contributed by atoms with Crippen molar-refractivity contribution in [1.29, 1.82) is 0 Å². The summed E-state index contributed by atoms with van der Waals surface area (Å²) in [6.45, 7) is 7.51. The Morgan fingerprint density at radius 3 is 2.61 bits per heavy atom. The number of hydrogen-bond donors (Lipinski definition) is 1. The molecule has 1 aliphatic rings. The molecule has 1 atom stereocenters. The Bertz CT molecular complexity index is 426. The Labute approximate surface area is 108 Å². The lowest BCUT2D eigenvalue weighted by molar-refractivity contribution is -0.133. The highest BCUT2D eigenvalue weighted by Crippen LogP contribution is 2.22. The van der Waals surface area contributed by atoms with E-state index in [0.717, 1.165) is 31.6 Å². The maximum atomic E-state index is 12.4. The number of hydrogen-bond acceptors (Lipinski definition) is 3. The van der Waals surface area contributed by atoms with E-state index in [2.05, 4.69) is 4.98 Å². The van der Waals surface area contributed by atoms with Crippen molar-refractivity contribution in [2.24, 2.45) is 5.73 Å². The molecule has 1 aliphatic heterocycles. The number of rotatable bonds is 3. The first-order valence-corrected chi connectivity index (χ1v) is 6.51. The van der Waals surface area contributed by atoms with E-state index in [0.29, 0.717) is 0 Å². The topological polar surface area (TPSA) is 64.2 Å². The third-order valence-electron chi connectivity index (χ3n) is 3.52. The fourth-order valence-corrected chi connectivity index (χ4v) is 2.43. The molecule has 0 bridgehead atoms. The largest absolute Gasteiger partial charge is 0.341 e. The molecule has 1 saturated heterocycles. The number of likely N-dealkylation sites (tertiary alicyclic amines) is 1. The van der Waals surface area contributed by atoms with Crippen molar-refractivity contribution in [1.82, 2.24) is 14.5 Å². The lowest BCUT2D eigenvalue weighted by Crippen LogP contribution is -2.37. The Kier molecular flexibility index (Phi) is 3.43. The van der Waals surface area contributed by atoms with Crippen molar-refractivity contribution >= 4 is 5.91 Å². The quantitative estimate of drug-likeness (QED) is 0.878. The molecule has 100 valence electrons. The fraction of sp³-hybridized carbons (Fsp3) is 0.692. The monoisotopic (exact) mass is 250 g/mol. The molecule has 2 N–H and O–H groups in total. The molecule has 2 heterocycles. The van der Waals surface area contributed by atoms with E-state index in [1.54, 1.807) is 12.5 Å². The first-order chi connectivity index (χ1) is 8.41. The molecule has 0 aliphatic carbocycles. The third kappa shape index (κ3) is 2.41. The predicted molar refractivity (Wildman–Crippen MR) is 70.0 cm³/mol. The first-order valence-electron chi connectivity index (χ1n) is 6.51. The summed E-state index contributed by atoms with van der Waals surface area (Å²) in [6, 6.07) is -0.233. The minimum atomic E-state index is -0.490. The summed E-state index contributed by atoms with van der Waals surface area (Å²) in [7, 11) is 0. The summed E-state index contributed by atoms with van der Waals surface area (Å²) in [5.41, 5.74) is 6.51. The lowest BCUT2D eigenvalue weighted by atomic mass is 10.0. The summed E-state index contributed by atoms with van der Waals surface area (Å²) in [6.07, 6.45) is 5.66. The Balaban J connectivity index is 2.21. The number of aromatic nitrogens is 2. The summed E-state index contributed by atoms with van der Waals surface area (Å²) in [5.74, 6) is 0.163. The van der Waals surface area contributed by atoms with Gasteiger partial charge in [0, 0.05) is 13.1 Å². The minimum absolute atomic E-state index is 0.163. The van der Waals surface area contributed by atoms with Crippen molar-refractivity contribution < 1.29 is 4.79 Å². The van der Waals surface area contributed by atoms with Gasteiger partial charge in [-0.1, -0.05) is 0 Å². The van der Waals surface area contributed by atoms with Crippen molar-refractivity contribution in [3.63, 3.8) is 0 Å². The standard InChI is InChI=1S/C13H22N4O/c1-10(12(18)16-6-4-5-7-16)17-9-15-8-11(17)13(2,3)14/h8-10H,4-7,14H2,1-3H3. The van der Waals surface area contributed by atoms with Gasteiger partial charge in [0.15, 0.2) is 0 Å². The second-order valence-corrected chi connectivity index (χ2v) is 5.62. The van der Waals surface area contributed by atoms with Gasteiger partial charge in [-0.2, -0.15) is 0 Å². The highest BCUT2D eigenvalue weighted by atomic mass is 16.2. The van der Waals surface area contributed by atoms with Crippen LogP contribution in [0.5, 0.6) is 0 Å². The molecule has 0 aromatic carbocycles. The molecule has 5 nitrogen and oxygen atoms in total. The number of nitrogens with two attached hydrogens (primary N) is 1. The molecule has 0 spiro atoms. The number of nitrogens with zero attached hydrogens (tertiary/aromatic N) is 3. The van der Waals surface area contributed by atoms with Crippen LogP contribution >= 0.6 is 0 Å². The summed E-state index contributed by atoms with van der Waals surface area (Å²) in [4.78, 5) is 18.4. The highest BCUT2D eigenvalue weighted by Gasteiger charge is 2.28. The van der Waals surface area contributed by atoms with Crippen molar-refractivity contribution in [3.05, 3.63) is 18.2 Å². The smallest absolute Gasteiger partial charge is 0.245 e. The van der Waals surface area contributed by atoms with E-state index < -0.39 is 5.54 Å². The average Bonchev–Trinajstić information content (AvgIpc) is 2.96. The predicted octanol–water partition coefficient (Wildman–Crippen LogP) is 1.26. The molecule has 18 heavy (non-hydrogen) atoms. The van der Waals surface area contributed by atoms with Crippen LogP contribution in [0.4, 0.5) is 0 Å². The van der Waals surface area contributed by atoms with Crippen LogP contribution in [0.3, 0.4) is 0 Å². The summed E-state index contributed by atoms with van der Waals surface area (Å²) in [5, 5.41) is 0. The van der Waals surface area contributed by atoms with Crippen LogP contribution in [0.1, 0.15) is 45.3 Å². The van der Waals surface area contributed by atoms with E-state index >= 15 is 0 Å². The SMILES string of the molecule is CC(C(=O)N1CCCC1)n1cncc1C(C)(C)N. The van der Waals surface area contributed by atoms with Crippen molar-refractivity contribution in [3.8, 4) is 0 Å². The van der Waals surface area contributed by atoms with Crippen LogP contribution in [-0.4, -0.2) is 33.4 Å². The second-order valence-electron chi connectivity index (χ2n) is 5.62. The van der Waals surface area contributed by atoms with E-state index in [4.69, 9.17) is 5.73 Å². The fourth-order valence-electron chi connectivity index (χ4n) is 2.43. The zero-order chi connectivity index (χ0) is 13.3. The summed E-state index contributed by atoms with van der Waals surface area (Å²) < 4.78 is 1.89. The normalized spacial score (nSPS) is 18.1. The molecule has 1 aromatic rings. The number of imidazole rings is 1.